The highest BCUT2D eigenvalue weighted by Gasteiger charge is 2.10. The molecule has 0 heterocycles. The third kappa shape index (κ3) is 3.60. The zero-order valence-electron chi connectivity index (χ0n) is 11.2. The van der Waals surface area contributed by atoms with E-state index in [0.29, 0.717) is 5.56 Å². The number of benzene rings is 2. The van der Waals surface area contributed by atoms with Gasteiger partial charge in [-0.3, -0.25) is 4.79 Å². The van der Waals surface area contributed by atoms with Gasteiger partial charge in [0.2, 0.25) is 0 Å². The maximum Gasteiger partial charge on any atom is 0.335 e. The second-order valence-electron chi connectivity index (χ2n) is 4.33. The van der Waals surface area contributed by atoms with Crippen LogP contribution >= 0.6 is 0 Å². The Morgan fingerprint density at radius 3 is 2.32 bits per heavy atom. The molecular weight excluding hydrogens is 288 g/mol. The van der Waals surface area contributed by atoms with Crippen molar-refractivity contribution in [2.75, 3.05) is 0 Å². The van der Waals surface area contributed by atoms with Gasteiger partial charge in [0.25, 0.3) is 5.91 Å². The minimum atomic E-state index is -1.03. The Labute approximate surface area is 125 Å². The van der Waals surface area contributed by atoms with Crippen LogP contribution in [0.25, 0.3) is 0 Å². The normalized spacial score (nSPS) is 10.5. The average Bonchev–Trinajstić information content (AvgIpc) is 2.47. The van der Waals surface area contributed by atoms with Crippen molar-refractivity contribution >= 4 is 18.1 Å². The fourth-order valence-corrected chi connectivity index (χ4v) is 1.65. The number of phenolic OH excluding ortho intramolecular Hbond substituents is 2. The number of carbonyl (C=O) groups is 2. The van der Waals surface area contributed by atoms with Gasteiger partial charge in [-0.2, -0.15) is 5.10 Å². The Hall–Kier alpha value is -3.35. The van der Waals surface area contributed by atoms with Crippen molar-refractivity contribution in [2.45, 2.75) is 0 Å². The van der Waals surface area contributed by atoms with Crippen LogP contribution in [0.3, 0.4) is 0 Å². The number of hydrazone groups is 1. The number of phenols is 2. The molecule has 1 amide bonds. The molecule has 0 aliphatic rings. The van der Waals surface area contributed by atoms with Crippen LogP contribution < -0.4 is 5.43 Å². The summed E-state index contributed by atoms with van der Waals surface area (Å²) in [5.74, 6) is -2.19. The van der Waals surface area contributed by atoms with Gasteiger partial charge in [0.1, 0.15) is 11.5 Å². The molecule has 0 fully saturated rings. The molecule has 7 heteroatoms. The predicted octanol–water partition coefficient (Wildman–Crippen LogP) is 1.56. The average molecular weight is 300 g/mol. The van der Waals surface area contributed by atoms with Gasteiger partial charge in [-0.1, -0.05) is 12.1 Å². The Kier molecular flexibility index (Phi) is 4.38. The number of carboxylic acids is 1. The second kappa shape index (κ2) is 6.40. The monoisotopic (exact) mass is 300 g/mol. The van der Waals surface area contributed by atoms with Crippen LogP contribution in [-0.4, -0.2) is 33.4 Å². The van der Waals surface area contributed by atoms with Crippen LogP contribution in [0, 0.1) is 0 Å². The van der Waals surface area contributed by atoms with Crippen molar-refractivity contribution in [3.05, 3.63) is 59.2 Å². The van der Waals surface area contributed by atoms with Crippen LogP contribution in [0.1, 0.15) is 26.3 Å². The molecule has 0 radical (unpaired) electrons. The minimum absolute atomic E-state index is 0.0313. The van der Waals surface area contributed by atoms with Crippen LogP contribution in [0.2, 0.25) is 0 Å². The largest absolute Gasteiger partial charge is 0.508 e. The van der Waals surface area contributed by atoms with Crippen molar-refractivity contribution in [1.29, 1.82) is 0 Å². The van der Waals surface area contributed by atoms with Gasteiger partial charge in [0.05, 0.1) is 17.3 Å². The molecule has 2 rings (SSSR count). The van der Waals surface area contributed by atoms with E-state index in [1.165, 1.54) is 42.6 Å². The van der Waals surface area contributed by atoms with E-state index in [2.05, 4.69) is 10.5 Å². The summed E-state index contributed by atoms with van der Waals surface area (Å²) in [5, 5.41) is 31.1. The molecule has 7 nitrogen and oxygen atoms in total. The molecule has 0 saturated heterocycles. The number of hydrogen-bond acceptors (Lipinski definition) is 5. The highest BCUT2D eigenvalue weighted by Crippen LogP contribution is 2.22. The number of amides is 1. The molecule has 0 atom stereocenters. The lowest BCUT2D eigenvalue weighted by atomic mass is 10.1. The van der Waals surface area contributed by atoms with Crippen LogP contribution in [0.15, 0.2) is 47.6 Å². The van der Waals surface area contributed by atoms with E-state index in [0.717, 1.165) is 6.07 Å². The summed E-state index contributed by atoms with van der Waals surface area (Å²) in [6.07, 6.45) is 1.33. The van der Waals surface area contributed by atoms with Crippen molar-refractivity contribution in [3.8, 4) is 11.5 Å². The Balaban J connectivity index is 2.02. The molecule has 4 N–H and O–H groups in total. The van der Waals surface area contributed by atoms with Gasteiger partial charge in [-0.15, -0.1) is 0 Å². The van der Waals surface area contributed by atoms with Crippen molar-refractivity contribution in [3.63, 3.8) is 0 Å². The number of aromatic carboxylic acids is 1. The van der Waals surface area contributed by atoms with Gasteiger partial charge >= 0.3 is 5.97 Å². The number of rotatable bonds is 4. The number of nitrogens with zero attached hydrogens (tertiary/aromatic N) is 1. The Morgan fingerprint density at radius 2 is 1.73 bits per heavy atom. The summed E-state index contributed by atoms with van der Waals surface area (Å²) in [4.78, 5) is 22.5. The fourth-order valence-electron chi connectivity index (χ4n) is 1.65. The lowest BCUT2D eigenvalue weighted by Gasteiger charge is -2.03. The quantitative estimate of drug-likeness (QED) is 0.504. The predicted molar refractivity (Wildman–Crippen MR) is 78.2 cm³/mol. The standard InChI is InChI=1S/C15H12N2O5/c18-11-5-6-12(13(19)7-11)14(20)17-16-8-9-1-3-10(4-2-9)15(21)22/h1-8,18-19H,(H,17,20)(H,21,22). The summed E-state index contributed by atoms with van der Waals surface area (Å²) in [6, 6.07) is 9.48. The lowest BCUT2D eigenvalue weighted by Crippen LogP contribution is -2.17. The van der Waals surface area contributed by atoms with Crippen molar-refractivity contribution in [2.24, 2.45) is 5.10 Å². The number of carbonyl (C=O) groups excluding carboxylic acids is 1. The summed E-state index contributed by atoms with van der Waals surface area (Å²) in [5.41, 5.74) is 2.93. The number of hydrogen-bond donors (Lipinski definition) is 4. The van der Waals surface area contributed by atoms with Crippen LogP contribution in [0.4, 0.5) is 0 Å². The van der Waals surface area contributed by atoms with E-state index in [1.807, 2.05) is 0 Å². The highest BCUT2D eigenvalue weighted by atomic mass is 16.4. The molecule has 0 aliphatic carbocycles. The Morgan fingerprint density at radius 1 is 1.05 bits per heavy atom. The maximum absolute atomic E-state index is 11.8. The SMILES string of the molecule is O=C(O)c1ccc(C=NNC(=O)c2ccc(O)cc2O)cc1. The minimum Gasteiger partial charge on any atom is -0.508 e. The van der Waals surface area contributed by atoms with E-state index in [4.69, 9.17) is 10.2 Å². The summed E-state index contributed by atoms with van der Waals surface area (Å²) in [6.45, 7) is 0. The molecule has 0 spiro atoms. The topological polar surface area (TPSA) is 119 Å². The smallest absolute Gasteiger partial charge is 0.335 e. The summed E-state index contributed by atoms with van der Waals surface area (Å²) >= 11 is 0. The molecule has 0 unspecified atom stereocenters. The molecule has 2 aromatic rings. The van der Waals surface area contributed by atoms with Gasteiger partial charge in [0, 0.05) is 6.07 Å². The van der Waals surface area contributed by atoms with E-state index < -0.39 is 11.9 Å². The molecule has 0 aromatic heterocycles. The van der Waals surface area contributed by atoms with Gasteiger partial charge in [-0.05, 0) is 29.8 Å². The summed E-state index contributed by atoms with van der Waals surface area (Å²) in [7, 11) is 0. The third-order valence-corrected chi connectivity index (χ3v) is 2.76. The van der Waals surface area contributed by atoms with Crippen LogP contribution in [0.5, 0.6) is 11.5 Å². The third-order valence-electron chi connectivity index (χ3n) is 2.76. The molecule has 0 saturated carbocycles. The first-order valence-corrected chi connectivity index (χ1v) is 6.16. The highest BCUT2D eigenvalue weighted by molar-refractivity contribution is 5.97. The second-order valence-corrected chi connectivity index (χ2v) is 4.33. The number of carboxylic acid groups (broad SMARTS) is 1. The Bertz CT molecular complexity index is 738. The van der Waals surface area contributed by atoms with Crippen molar-refractivity contribution < 1.29 is 24.9 Å². The fraction of sp³-hybridized carbons (Fsp3) is 0. The zero-order valence-corrected chi connectivity index (χ0v) is 11.2. The molecule has 0 bridgehead atoms. The first kappa shape index (κ1) is 15.0. The zero-order chi connectivity index (χ0) is 16.1. The first-order chi connectivity index (χ1) is 10.5. The van der Waals surface area contributed by atoms with E-state index >= 15 is 0 Å². The maximum atomic E-state index is 11.8. The van der Waals surface area contributed by atoms with Crippen molar-refractivity contribution in [1.82, 2.24) is 5.43 Å². The number of aromatic hydroxyl groups is 2. The van der Waals surface area contributed by atoms with Gasteiger partial charge in [-0.25, -0.2) is 10.2 Å². The molecule has 112 valence electrons. The number of nitrogens with one attached hydrogen (secondary N) is 1. The first-order valence-electron chi connectivity index (χ1n) is 6.16. The van der Waals surface area contributed by atoms with Crippen LogP contribution in [-0.2, 0) is 0 Å². The summed E-state index contributed by atoms with van der Waals surface area (Å²) < 4.78 is 0. The van der Waals surface area contributed by atoms with E-state index in [9.17, 15) is 14.7 Å². The van der Waals surface area contributed by atoms with Gasteiger partial charge in [0.15, 0.2) is 0 Å². The lowest BCUT2D eigenvalue weighted by molar-refractivity contribution is 0.0696. The van der Waals surface area contributed by atoms with E-state index in [1.54, 1.807) is 0 Å². The molecule has 0 aliphatic heterocycles. The molecule has 2 aromatic carbocycles. The van der Waals surface area contributed by atoms with E-state index in [-0.39, 0.29) is 22.6 Å². The molecular formula is C15H12N2O5. The molecule has 22 heavy (non-hydrogen) atoms. The van der Waals surface area contributed by atoms with Gasteiger partial charge < -0.3 is 15.3 Å².